The molecule has 0 aliphatic rings. The summed E-state index contributed by atoms with van der Waals surface area (Å²) in [5.74, 6) is 0.664. The molecular weight excluding hydrogens is 320 g/mol. The number of nitrogens with zero attached hydrogens (tertiary/aromatic N) is 1. The summed E-state index contributed by atoms with van der Waals surface area (Å²) in [5.41, 5.74) is 0.975. The van der Waals surface area contributed by atoms with Gasteiger partial charge in [0, 0.05) is 11.4 Å². The van der Waals surface area contributed by atoms with E-state index in [2.05, 4.69) is 9.71 Å². The van der Waals surface area contributed by atoms with E-state index in [4.69, 9.17) is 4.74 Å². The number of aromatic nitrogens is 1. The highest BCUT2D eigenvalue weighted by Crippen LogP contribution is 2.18. The highest BCUT2D eigenvalue weighted by atomic mass is 32.2. The fraction of sp³-hybridized carbons (Fsp3) is 0.400. The zero-order chi connectivity index (χ0) is 16.2. The van der Waals surface area contributed by atoms with Gasteiger partial charge >= 0.3 is 0 Å². The Morgan fingerprint density at radius 2 is 1.91 bits per heavy atom. The first-order chi connectivity index (χ1) is 10.4. The number of ether oxygens (including phenoxy) is 1. The van der Waals surface area contributed by atoms with Crippen molar-refractivity contribution in [2.75, 3.05) is 13.2 Å². The predicted octanol–water partition coefficient (Wildman–Crippen LogP) is 2.68. The topological polar surface area (TPSA) is 68.3 Å². The summed E-state index contributed by atoms with van der Waals surface area (Å²) in [4.78, 5) is 5.70. The standard InChI is InChI=1S/C15H20N2O3S2/c1-4-20-13-5-7-14(8-6-13)22(18,19)16-10-9-15-11(2)17-12(3)21-15/h5-8,16H,4,9-10H2,1-3H3. The molecule has 2 aromatic rings. The number of rotatable bonds is 7. The number of hydrogen-bond donors (Lipinski definition) is 1. The average Bonchev–Trinajstić information content (AvgIpc) is 2.78. The van der Waals surface area contributed by atoms with Crippen molar-refractivity contribution in [3.8, 4) is 5.75 Å². The third-order valence-corrected chi connectivity index (χ3v) is 5.70. The van der Waals surface area contributed by atoms with Gasteiger partial charge in [-0.2, -0.15) is 0 Å². The van der Waals surface area contributed by atoms with Crippen LogP contribution >= 0.6 is 11.3 Å². The van der Waals surface area contributed by atoms with Crippen molar-refractivity contribution in [1.29, 1.82) is 0 Å². The fourth-order valence-corrected chi connectivity index (χ4v) is 4.04. The van der Waals surface area contributed by atoms with Crippen LogP contribution in [-0.4, -0.2) is 26.6 Å². The lowest BCUT2D eigenvalue weighted by atomic mass is 10.3. The smallest absolute Gasteiger partial charge is 0.240 e. The van der Waals surface area contributed by atoms with Gasteiger partial charge in [0.05, 0.1) is 22.2 Å². The first-order valence-electron chi connectivity index (χ1n) is 7.08. The van der Waals surface area contributed by atoms with Crippen LogP contribution < -0.4 is 9.46 Å². The van der Waals surface area contributed by atoms with Crippen molar-refractivity contribution in [3.05, 3.63) is 39.8 Å². The van der Waals surface area contributed by atoms with Crippen LogP contribution in [0.3, 0.4) is 0 Å². The number of aryl methyl sites for hydroxylation is 2. The molecule has 0 unspecified atom stereocenters. The van der Waals surface area contributed by atoms with Crippen LogP contribution in [0, 0.1) is 13.8 Å². The van der Waals surface area contributed by atoms with Gasteiger partial charge in [-0.3, -0.25) is 0 Å². The summed E-state index contributed by atoms with van der Waals surface area (Å²) >= 11 is 1.61. The highest BCUT2D eigenvalue weighted by molar-refractivity contribution is 7.89. The summed E-state index contributed by atoms with van der Waals surface area (Å²) in [6, 6.07) is 6.42. The van der Waals surface area contributed by atoms with Crippen molar-refractivity contribution in [1.82, 2.24) is 9.71 Å². The molecule has 5 nitrogen and oxygen atoms in total. The minimum atomic E-state index is -3.49. The van der Waals surface area contributed by atoms with E-state index in [-0.39, 0.29) is 4.90 Å². The van der Waals surface area contributed by atoms with Crippen molar-refractivity contribution >= 4 is 21.4 Å². The van der Waals surface area contributed by atoms with Gasteiger partial charge in [-0.15, -0.1) is 11.3 Å². The molecule has 1 N–H and O–H groups in total. The second-order valence-corrected chi connectivity index (χ2v) is 7.85. The van der Waals surface area contributed by atoms with Crippen molar-refractivity contribution in [2.45, 2.75) is 32.1 Å². The molecule has 0 radical (unpaired) electrons. The Morgan fingerprint density at radius 1 is 1.23 bits per heavy atom. The Kier molecular flexibility index (Phi) is 5.55. The summed E-state index contributed by atoms with van der Waals surface area (Å²) in [6.07, 6.45) is 0.646. The van der Waals surface area contributed by atoms with E-state index in [1.54, 1.807) is 35.6 Å². The monoisotopic (exact) mass is 340 g/mol. The fourth-order valence-electron chi connectivity index (χ4n) is 2.07. The summed E-state index contributed by atoms with van der Waals surface area (Å²) < 4.78 is 32.4. The highest BCUT2D eigenvalue weighted by Gasteiger charge is 2.14. The first-order valence-corrected chi connectivity index (χ1v) is 9.38. The number of hydrogen-bond acceptors (Lipinski definition) is 5. The lowest BCUT2D eigenvalue weighted by Gasteiger charge is -2.08. The van der Waals surface area contributed by atoms with E-state index in [9.17, 15) is 8.42 Å². The maximum atomic E-state index is 12.2. The lowest BCUT2D eigenvalue weighted by Crippen LogP contribution is -2.25. The quantitative estimate of drug-likeness (QED) is 0.841. The van der Waals surface area contributed by atoms with Crippen LogP contribution in [0.4, 0.5) is 0 Å². The molecule has 1 aromatic carbocycles. The van der Waals surface area contributed by atoms with E-state index in [1.165, 1.54) is 0 Å². The Hall–Kier alpha value is -1.44. The largest absolute Gasteiger partial charge is 0.494 e. The second kappa shape index (κ2) is 7.21. The van der Waals surface area contributed by atoms with Crippen LogP contribution in [0.25, 0.3) is 0 Å². The van der Waals surface area contributed by atoms with E-state index < -0.39 is 10.0 Å². The normalized spacial score (nSPS) is 11.6. The average molecular weight is 340 g/mol. The molecule has 2 rings (SSSR count). The molecule has 7 heteroatoms. The summed E-state index contributed by atoms with van der Waals surface area (Å²) in [6.45, 7) is 6.69. The van der Waals surface area contributed by atoms with Crippen LogP contribution in [0.2, 0.25) is 0 Å². The molecule has 120 valence electrons. The van der Waals surface area contributed by atoms with Crippen LogP contribution in [0.15, 0.2) is 29.2 Å². The number of nitrogens with one attached hydrogen (secondary N) is 1. The molecule has 0 bridgehead atoms. The van der Waals surface area contributed by atoms with Gasteiger partial charge in [0.25, 0.3) is 0 Å². The van der Waals surface area contributed by atoms with Gasteiger partial charge in [0.2, 0.25) is 10.0 Å². The number of thiazole rings is 1. The third kappa shape index (κ3) is 4.28. The molecule has 0 saturated heterocycles. The van der Waals surface area contributed by atoms with Crippen molar-refractivity contribution < 1.29 is 13.2 Å². The number of benzene rings is 1. The Labute approximate surface area is 135 Å². The zero-order valence-corrected chi connectivity index (χ0v) is 14.6. The lowest BCUT2D eigenvalue weighted by molar-refractivity contribution is 0.340. The molecule has 0 aliphatic carbocycles. The molecule has 22 heavy (non-hydrogen) atoms. The molecule has 0 amide bonds. The van der Waals surface area contributed by atoms with E-state index in [0.717, 1.165) is 15.6 Å². The van der Waals surface area contributed by atoms with E-state index in [0.29, 0.717) is 25.3 Å². The first kappa shape index (κ1) is 16.9. The minimum Gasteiger partial charge on any atom is -0.494 e. The van der Waals surface area contributed by atoms with Gasteiger partial charge in [0.15, 0.2) is 0 Å². The van der Waals surface area contributed by atoms with Gasteiger partial charge < -0.3 is 4.74 Å². The molecule has 0 fully saturated rings. The van der Waals surface area contributed by atoms with Gasteiger partial charge in [-0.05, 0) is 51.5 Å². The molecular formula is C15H20N2O3S2. The molecule has 1 heterocycles. The van der Waals surface area contributed by atoms with E-state index in [1.807, 2.05) is 20.8 Å². The molecule has 0 spiro atoms. The SMILES string of the molecule is CCOc1ccc(S(=O)(=O)NCCc2sc(C)nc2C)cc1. The van der Waals surface area contributed by atoms with Crippen molar-refractivity contribution in [2.24, 2.45) is 0 Å². The zero-order valence-electron chi connectivity index (χ0n) is 12.9. The minimum absolute atomic E-state index is 0.244. The molecule has 0 aliphatic heterocycles. The van der Waals surface area contributed by atoms with Crippen LogP contribution in [0.5, 0.6) is 5.75 Å². The molecule has 0 atom stereocenters. The second-order valence-electron chi connectivity index (χ2n) is 4.79. The van der Waals surface area contributed by atoms with Crippen LogP contribution in [-0.2, 0) is 16.4 Å². The van der Waals surface area contributed by atoms with E-state index >= 15 is 0 Å². The maximum Gasteiger partial charge on any atom is 0.240 e. The van der Waals surface area contributed by atoms with Crippen LogP contribution in [0.1, 0.15) is 22.5 Å². The Balaban J connectivity index is 1.97. The number of sulfonamides is 1. The summed E-state index contributed by atoms with van der Waals surface area (Å²) in [5, 5.41) is 1.00. The molecule has 1 aromatic heterocycles. The Morgan fingerprint density at radius 3 is 2.45 bits per heavy atom. The van der Waals surface area contributed by atoms with Crippen molar-refractivity contribution in [3.63, 3.8) is 0 Å². The van der Waals surface area contributed by atoms with Gasteiger partial charge in [-0.1, -0.05) is 0 Å². The van der Waals surface area contributed by atoms with Gasteiger partial charge in [-0.25, -0.2) is 18.1 Å². The Bertz CT molecular complexity index is 722. The predicted molar refractivity (Wildman–Crippen MR) is 88.1 cm³/mol. The third-order valence-electron chi connectivity index (χ3n) is 3.09. The molecule has 0 saturated carbocycles. The summed E-state index contributed by atoms with van der Waals surface area (Å²) in [7, 11) is -3.49. The van der Waals surface area contributed by atoms with Gasteiger partial charge in [0.1, 0.15) is 5.75 Å². The maximum absolute atomic E-state index is 12.2.